The molecule has 3 nitrogen and oxygen atoms in total. The number of carbonyl (C=O) groups is 1. The Labute approximate surface area is 125 Å². The average molecular weight is 280 g/mol. The lowest BCUT2D eigenvalue weighted by atomic mass is 9.79. The minimum Gasteiger partial charge on any atom is -0.341 e. The van der Waals surface area contributed by atoms with Crippen molar-refractivity contribution in [2.45, 2.75) is 79.1 Å². The molecule has 0 aromatic heterocycles. The number of nitriles is 1. The molecule has 0 saturated heterocycles. The van der Waals surface area contributed by atoms with Gasteiger partial charge in [0.2, 0.25) is 5.91 Å². The first-order valence-electron chi connectivity index (χ1n) is 8.32. The Morgan fingerprint density at radius 3 is 1.70 bits per heavy atom. The van der Waals surface area contributed by atoms with Crippen molar-refractivity contribution in [3.63, 3.8) is 0 Å². The minimum atomic E-state index is -0.787. The molecule has 0 N–H and O–H groups in total. The van der Waals surface area contributed by atoms with Crippen molar-refractivity contribution in [1.82, 2.24) is 4.90 Å². The molecule has 0 heterocycles. The summed E-state index contributed by atoms with van der Waals surface area (Å²) in [7, 11) is 0. The summed E-state index contributed by atoms with van der Waals surface area (Å²) in [6, 6.07) is 2.36. The topological polar surface area (TPSA) is 44.1 Å². The van der Waals surface area contributed by atoms with Crippen LogP contribution in [0.15, 0.2) is 0 Å². The maximum Gasteiger partial charge on any atom is 0.243 e. The van der Waals surface area contributed by atoms with E-state index in [1.807, 2.05) is 4.90 Å². The maximum atomic E-state index is 12.9. The van der Waals surface area contributed by atoms with Crippen LogP contribution in [0.5, 0.6) is 0 Å². The van der Waals surface area contributed by atoms with Crippen molar-refractivity contribution < 1.29 is 4.79 Å². The van der Waals surface area contributed by atoms with Crippen molar-refractivity contribution in [3.8, 4) is 6.07 Å². The van der Waals surface area contributed by atoms with Gasteiger partial charge in [0.1, 0.15) is 5.41 Å². The van der Waals surface area contributed by atoms with Gasteiger partial charge < -0.3 is 4.90 Å². The molecule has 0 aromatic carbocycles. The first kappa shape index (κ1) is 19.0. The minimum absolute atomic E-state index is 0.0746. The molecule has 0 bridgehead atoms. The third-order valence-electron chi connectivity index (χ3n) is 3.83. The lowest BCUT2D eigenvalue weighted by Crippen LogP contribution is -2.44. The molecular weight excluding hydrogens is 248 g/mol. The molecule has 0 radical (unpaired) electrons. The smallest absolute Gasteiger partial charge is 0.243 e. The van der Waals surface area contributed by atoms with Crippen LogP contribution in [0.4, 0.5) is 0 Å². The summed E-state index contributed by atoms with van der Waals surface area (Å²) in [4.78, 5) is 14.8. The standard InChI is InChI=1S/C17H32N2O/c1-5-9-13-19(14-10-6-2)16(20)17(15-18,11-7-3)12-8-4/h5-14H2,1-4H3. The highest BCUT2D eigenvalue weighted by atomic mass is 16.2. The number of hydrogen-bond donors (Lipinski definition) is 0. The summed E-state index contributed by atoms with van der Waals surface area (Å²) in [5, 5.41) is 9.61. The third kappa shape index (κ3) is 5.53. The molecule has 0 aliphatic heterocycles. The van der Waals surface area contributed by atoms with E-state index < -0.39 is 5.41 Å². The van der Waals surface area contributed by atoms with Crippen LogP contribution in [-0.4, -0.2) is 23.9 Å². The summed E-state index contributed by atoms with van der Waals surface area (Å²) < 4.78 is 0. The summed E-state index contributed by atoms with van der Waals surface area (Å²) >= 11 is 0. The van der Waals surface area contributed by atoms with E-state index in [-0.39, 0.29) is 5.91 Å². The van der Waals surface area contributed by atoms with Gasteiger partial charge in [-0.05, 0) is 25.7 Å². The molecule has 0 aliphatic carbocycles. The van der Waals surface area contributed by atoms with Gasteiger partial charge in [0.25, 0.3) is 0 Å². The summed E-state index contributed by atoms with van der Waals surface area (Å²) in [6.45, 7) is 9.98. The van der Waals surface area contributed by atoms with E-state index in [4.69, 9.17) is 0 Å². The van der Waals surface area contributed by atoms with E-state index in [0.717, 1.165) is 51.6 Å². The highest BCUT2D eigenvalue weighted by Crippen LogP contribution is 2.32. The van der Waals surface area contributed by atoms with Crippen LogP contribution in [-0.2, 0) is 4.79 Å². The zero-order chi connectivity index (χ0) is 15.4. The van der Waals surface area contributed by atoms with Gasteiger partial charge in [-0.2, -0.15) is 5.26 Å². The lowest BCUT2D eigenvalue weighted by Gasteiger charge is -2.32. The normalized spacial score (nSPS) is 11.2. The molecule has 0 spiro atoms. The van der Waals surface area contributed by atoms with E-state index in [9.17, 15) is 10.1 Å². The second-order valence-electron chi connectivity index (χ2n) is 5.69. The molecule has 0 rings (SSSR count). The Morgan fingerprint density at radius 1 is 0.950 bits per heavy atom. The van der Waals surface area contributed by atoms with Gasteiger partial charge in [-0.15, -0.1) is 0 Å². The lowest BCUT2D eigenvalue weighted by molar-refractivity contribution is -0.140. The summed E-state index contributed by atoms with van der Waals surface area (Å²) in [5.41, 5.74) is -0.787. The van der Waals surface area contributed by atoms with Crippen LogP contribution in [0, 0.1) is 16.7 Å². The predicted octanol–water partition coefficient (Wildman–Crippen LogP) is 4.53. The van der Waals surface area contributed by atoms with Crippen LogP contribution in [0.2, 0.25) is 0 Å². The van der Waals surface area contributed by atoms with Crippen molar-refractivity contribution in [2.75, 3.05) is 13.1 Å². The van der Waals surface area contributed by atoms with Crippen LogP contribution in [0.1, 0.15) is 79.1 Å². The van der Waals surface area contributed by atoms with E-state index >= 15 is 0 Å². The fraction of sp³-hybridized carbons (Fsp3) is 0.882. The molecule has 1 amide bonds. The largest absolute Gasteiger partial charge is 0.341 e. The molecule has 0 aromatic rings. The molecule has 3 heteroatoms. The van der Waals surface area contributed by atoms with Crippen molar-refractivity contribution in [3.05, 3.63) is 0 Å². The average Bonchev–Trinajstić information content (AvgIpc) is 2.46. The molecule has 0 atom stereocenters. The molecule has 0 fully saturated rings. The van der Waals surface area contributed by atoms with Gasteiger partial charge in [0, 0.05) is 13.1 Å². The monoisotopic (exact) mass is 280 g/mol. The zero-order valence-corrected chi connectivity index (χ0v) is 13.9. The van der Waals surface area contributed by atoms with Crippen molar-refractivity contribution >= 4 is 5.91 Å². The first-order valence-corrected chi connectivity index (χ1v) is 8.32. The molecular formula is C17H32N2O. The van der Waals surface area contributed by atoms with Gasteiger partial charge in [-0.1, -0.05) is 53.4 Å². The Morgan fingerprint density at radius 2 is 1.40 bits per heavy atom. The first-order chi connectivity index (χ1) is 9.61. The van der Waals surface area contributed by atoms with E-state index in [1.54, 1.807) is 0 Å². The predicted molar refractivity (Wildman–Crippen MR) is 84.3 cm³/mol. The third-order valence-corrected chi connectivity index (χ3v) is 3.83. The second kappa shape index (κ2) is 10.7. The van der Waals surface area contributed by atoms with E-state index in [2.05, 4.69) is 33.8 Å². The van der Waals surface area contributed by atoms with Crippen molar-refractivity contribution in [1.29, 1.82) is 5.26 Å². The Hall–Kier alpha value is -1.04. The van der Waals surface area contributed by atoms with Gasteiger partial charge in [0.05, 0.1) is 6.07 Å². The summed E-state index contributed by atoms with van der Waals surface area (Å²) in [6.07, 6.45) is 7.34. The molecule has 0 saturated carbocycles. The summed E-state index contributed by atoms with van der Waals surface area (Å²) in [5.74, 6) is 0.0746. The number of rotatable bonds is 11. The fourth-order valence-corrected chi connectivity index (χ4v) is 2.67. The Kier molecular flexibility index (Phi) is 10.2. The number of unbranched alkanes of at least 4 members (excludes halogenated alkanes) is 2. The second-order valence-corrected chi connectivity index (χ2v) is 5.69. The van der Waals surface area contributed by atoms with E-state index in [0.29, 0.717) is 12.8 Å². The van der Waals surface area contributed by atoms with Crippen LogP contribution >= 0.6 is 0 Å². The number of amides is 1. The maximum absolute atomic E-state index is 12.9. The molecule has 0 aliphatic rings. The number of nitrogens with zero attached hydrogens (tertiary/aromatic N) is 2. The zero-order valence-electron chi connectivity index (χ0n) is 13.9. The molecule has 0 unspecified atom stereocenters. The van der Waals surface area contributed by atoms with Gasteiger partial charge in [-0.3, -0.25) is 4.79 Å². The van der Waals surface area contributed by atoms with Crippen LogP contribution in [0.3, 0.4) is 0 Å². The Bertz CT molecular complexity index is 293. The highest BCUT2D eigenvalue weighted by molar-refractivity contribution is 5.85. The van der Waals surface area contributed by atoms with Gasteiger partial charge in [0.15, 0.2) is 0 Å². The quantitative estimate of drug-likeness (QED) is 0.558. The van der Waals surface area contributed by atoms with E-state index in [1.165, 1.54) is 0 Å². The SMILES string of the molecule is CCCCN(CCCC)C(=O)C(C#N)(CCC)CCC. The van der Waals surface area contributed by atoms with Gasteiger partial charge >= 0.3 is 0 Å². The number of carbonyl (C=O) groups excluding carboxylic acids is 1. The van der Waals surface area contributed by atoms with Crippen LogP contribution in [0.25, 0.3) is 0 Å². The van der Waals surface area contributed by atoms with Gasteiger partial charge in [-0.25, -0.2) is 0 Å². The Balaban J connectivity index is 5.06. The molecule has 116 valence electrons. The number of hydrogen-bond acceptors (Lipinski definition) is 2. The molecule has 20 heavy (non-hydrogen) atoms. The fourth-order valence-electron chi connectivity index (χ4n) is 2.67. The van der Waals surface area contributed by atoms with Crippen LogP contribution < -0.4 is 0 Å². The highest BCUT2D eigenvalue weighted by Gasteiger charge is 2.39. The van der Waals surface area contributed by atoms with Crippen molar-refractivity contribution in [2.24, 2.45) is 5.41 Å².